The maximum absolute atomic E-state index is 11.9. The average Bonchev–Trinajstić information content (AvgIpc) is 2.89. The maximum Gasteiger partial charge on any atom is 0.271 e. The van der Waals surface area contributed by atoms with Gasteiger partial charge in [-0.1, -0.05) is 6.92 Å². The SMILES string of the molecule is CCCNc1cnc(C(=O)NCC2CCC(=O)N2)cn1. The number of anilines is 1. The van der Waals surface area contributed by atoms with Crippen molar-refractivity contribution in [2.75, 3.05) is 18.4 Å². The number of hydrogen-bond donors (Lipinski definition) is 3. The zero-order valence-electron chi connectivity index (χ0n) is 11.5. The number of nitrogens with zero attached hydrogens (tertiary/aromatic N) is 2. The summed E-state index contributed by atoms with van der Waals surface area (Å²) < 4.78 is 0. The minimum absolute atomic E-state index is 0.0184. The first kappa shape index (κ1) is 14.2. The Hall–Kier alpha value is -2.18. The Morgan fingerprint density at radius 1 is 1.45 bits per heavy atom. The van der Waals surface area contributed by atoms with E-state index in [0.29, 0.717) is 18.8 Å². The number of aromatic nitrogens is 2. The molecule has 0 radical (unpaired) electrons. The molecule has 20 heavy (non-hydrogen) atoms. The summed E-state index contributed by atoms with van der Waals surface area (Å²) in [5.41, 5.74) is 0.274. The van der Waals surface area contributed by atoms with Crippen molar-refractivity contribution in [1.29, 1.82) is 0 Å². The summed E-state index contributed by atoms with van der Waals surface area (Å²) in [5.74, 6) is 0.419. The van der Waals surface area contributed by atoms with Crippen LogP contribution >= 0.6 is 0 Å². The molecule has 108 valence electrons. The lowest BCUT2D eigenvalue weighted by Crippen LogP contribution is -2.38. The summed E-state index contributed by atoms with van der Waals surface area (Å²) in [7, 11) is 0. The molecular formula is C13H19N5O2. The smallest absolute Gasteiger partial charge is 0.271 e. The molecule has 7 nitrogen and oxygen atoms in total. The molecule has 2 rings (SSSR count). The van der Waals surface area contributed by atoms with E-state index in [1.54, 1.807) is 6.20 Å². The van der Waals surface area contributed by atoms with Crippen LogP contribution in [0, 0.1) is 0 Å². The largest absolute Gasteiger partial charge is 0.369 e. The Morgan fingerprint density at radius 3 is 2.90 bits per heavy atom. The normalized spacial score (nSPS) is 17.6. The van der Waals surface area contributed by atoms with Crippen molar-refractivity contribution in [2.45, 2.75) is 32.2 Å². The molecule has 0 saturated carbocycles. The molecular weight excluding hydrogens is 258 g/mol. The number of hydrogen-bond acceptors (Lipinski definition) is 5. The molecule has 0 aliphatic carbocycles. The first-order valence-corrected chi connectivity index (χ1v) is 6.82. The van der Waals surface area contributed by atoms with E-state index < -0.39 is 0 Å². The number of rotatable bonds is 6. The van der Waals surface area contributed by atoms with Crippen LogP contribution in [0.2, 0.25) is 0 Å². The van der Waals surface area contributed by atoms with Gasteiger partial charge in [0, 0.05) is 25.6 Å². The van der Waals surface area contributed by atoms with E-state index >= 15 is 0 Å². The average molecular weight is 277 g/mol. The predicted molar refractivity (Wildman–Crippen MR) is 74.3 cm³/mol. The van der Waals surface area contributed by atoms with Crippen molar-refractivity contribution in [3.63, 3.8) is 0 Å². The van der Waals surface area contributed by atoms with Crippen LogP contribution in [0.1, 0.15) is 36.7 Å². The van der Waals surface area contributed by atoms with Gasteiger partial charge in [0.15, 0.2) is 0 Å². The number of amides is 2. The highest BCUT2D eigenvalue weighted by atomic mass is 16.2. The van der Waals surface area contributed by atoms with Gasteiger partial charge in [-0.3, -0.25) is 9.59 Å². The lowest BCUT2D eigenvalue weighted by Gasteiger charge is -2.11. The molecule has 1 aliphatic rings. The molecule has 2 amide bonds. The minimum atomic E-state index is -0.277. The topological polar surface area (TPSA) is 96.0 Å². The van der Waals surface area contributed by atoms with E-state index in [0.717, 1.165) is 19.4 Å². The van der Waals surface area contributed by atoms with E-state index in [1.165, 1.54) is 6.20 Å². The third kappa shape index (κ3) is 3.91. The van der Waals surface area contributed by atoms with Crippen LogP contribution in [0.25, 0.3) is 0 Å². The number of nitrogens with one attached hydrogen (secondary N) is 3. The third-order valence-corrected chi connectivity index (χ3v) is 3.03. The Labute approximate surface area is 117 Å². The monoisotopic (exact) mass is 277 g/mol. The lowest BCUT2D eigenvalue weighted by atomic mass is 10.2. The molecule has 1 saturated heterocycles. The molecule has 1 aliphatic heterocycles. The first-order chi connectivity index (χ1) is 9.69. The summed E-state index contributed by atoms with van der Waals surface area (Å²) in [5, 5.41) is 8.63. The first-order valence-electron chi connectivity index (χ1n) is 6.82. The van der Waals surface area contributed by atoms with Gasteiger partial charge in [0.05, 0.1) is 12.4 Å². The molecule has 0 aromatic carbocycles. The standard InChI is InChI=1S/C13H19N5O2/c1-2-5-14-11-8-15-10(7-16-11)13(20)17-6-9-3-4-12(19)18-9/h7-9H,2-6H2,1H3,(H,14,16)(H,17,20)(H,18,19). The van der Waals surface area contributed by atoms with Crippen LogP contribution in [0.5, 0.6) is 0 Å². The lowest BCUT2D eigenvalue weighted by molar-refractivity contribution is -0.119. The van der Waals surface area contributed by atoms with E-state index in [-0.39, 0.29) is 23.6 Å². The molecule has 1 atom stereocenters. The van der Waals surface area contributed by atoms with Crippen LogP contribution in [0.4, 0.5) is 5.82 Å². The van der Waals surface area contributed by atoms with Gasteiger partial charge in [0.1, 0.15) is 11.5 Å². The van der Waals surface area contributed by atoms with E-state index in [9.17, 15) is 9.59 Å². The van der Waals surface area contributed by atoms with Crippen LogP contribution in [-0.2, 0) is 4.79 Å². The molecule has 1 aromatic rings. The summed E-state index contributed by atoms with van der Waals surface area (Å²) >= 11 is 0. The van der Waals surface area contributed by atoms with Crippen LogP contribution in [-0.4, -0.2) is 40.9 Å². The zero-order chi connectivity index (χ0) is 14.4. The zero-order valence-corrected chi connectivity index (χ0v) is 11.5. The van der Waals surface area contributed by atoms with Gasteiger partial charge in [0.2, 0.25) is 5.91 Å². The molecule has 2 heterocycles. The van der Waals surface area contributed by atoms with Gasteiger partial charge in [-0.05, 0) is 12.8 Å². The summed E-state index contributed by atoms with van der Waals surface area (Å²) in [4.78, 5) is 31.1. The Morgan fingerprint density at radius 2 is 2.30 bits per heavy atom. The van der Waals surface area contributed by atoms with Crippen molar-refractivity contribution in [3.8, 4) is 0 Å². The second kappa shape index (κ2) is 6.83. The van der Waals surface area contributed by atoms with Crippen molar-refractivity contribution in [3.05, 3.63) is 18.1 Å². The van der Waals surface area contributed by atoms with Crippen molar-refractivity contribution >= 4 is 17.6 Å². The van der Waals surface area contributed by atoms with Gasteiger partial charge in [-0.25, -0.2) is 9.97 Å². The second-order valence-electron chi connectivity index (χ2n) is 4.73. The van der Waals surface area contributed by atoms with Gasteiger partial charge in [-0.2, -0.15) is 0 Å². The van der Waals surface area contributed by atoms with E-state index in [2.05, 4.69) is 32.8 Å². The maximum atomic E-state index is 11.9. The fourth-order valence-corrected chi connectivity index (χ4v) is 1.93. The quantitative estimate of drug-likeness (QED) is 0.695. The predicted octanol–water partition coefficient (Wildman–Crippen LogP) is 0.307. The van der Waals surface area contributed by atoms with Gasteiger partial charge in [0.25, 0.3) is 5.91 Å². The van der Waals surface area contributed by atoms with Gasteiger partial charge >= 0.3 is 0 Å². The molecule has 1 aromatic heterocycles. The fourth-order valence-electron chi connectivity index (χ4n) is 1.93. The van der Waals surface area contributed by atoms with Crippen LogP contribution in [0.3, 0.4) is 0 Å². The minimum Gasteiger partial charge on any atom is -0.369 e. The Bertz CT molecular complexity index is 474. The molecule has 0 spiro atoms. The molecule has 1 fully saturated rings. The molecule has 3 N–H and O–H groups in total. The van der Waals surface area contributed by atoms with Crippen LogP contribution < -0.4 is 16.0 Å². The van der Waals surface area contributed by atoms with E-state index in [4.69, 9.17) is 0 Å². The summed E-state index contributed by atoms with van der Waals surface area (Å²) in [6.07, 6.45) is 5.27. The van der Waals surface area contributed by atoms with Crippen LogP contribution in [0.15, 0.2) is 12.4 Å². The molecule has 1 unspecified atom stereocenters. The van der Waals surface area contributed by atoms with Crippen molar-refractivity contribution < 1.29 is 9.59 Å². The summed E-state index contributed by atoms with van der Waals surface area (Å²) in [6, 6.07) is 0.0184. The third-order valence-electron chi connectivity index (χ3n) is 3.03. The molecule has 0 bridgehead atoms. The second-order valence-corrected chi connectivity index (χ2v) is 4.73. The highest BCUT2D eigenvalue weighted by molar-refractivity contribution is 5.92. The highest BCUT2D eigenvalue weighted by Crippen LogP contribution is 2.05. The fraction of sp³-hybridized carbons (Fsp3) is 0.538. The number of carbonyl (C=O) groups excluding carboxylic acids is 2. The Kier molecular flexibility index (Phi) is 4.86. The van der Waals surface area contributed by atoms with Gasteiger partial charge in [-0.15, -0.1) is 0 Å². The van der Waals surface area contributed by atoms with Crippen molar-refractivity contribution in [1.82, 2.24) is 20.6 Å². The number of carbonyl (C=O) groups is 2. The van der Waals surface area contributed by atoms with Crippen molar-refractivity contribution in [2.24, 2.45) is 0 Å². The Balaban J connectivity index is 1.81. The van der Waals surface area contributed by atoms with E-state index in [1.807, 2.05) is 0 Å². The summed E-state index contributed by atoms with van der Waals surface area (Å²) in [6.45, 7) is 3.30. The highest BCUT2D eigenvalue weighted by Gasteiger charge is 2.21. The molecule has 7 heteroatoms. The van der Waals surface area contributed by atoms with Gasteiger partial charge < -0.3 is 16.0 Å².